The van der Waals surface area contributed by atoms with Crippen molar-refractivity contribution in [3.8, 4) is 28.1 Å². The molecule has 0 saturated carbocycles. The molecule has 0 saturated heterocycles. The third-order valence-corrected chi connectivity index (χ3v) is 10.6. The quantitative estimate of drug-likeness (QED) is 0.0922. The molecular weight excluding hydrogens is 703 g/mol. The second-order valence-corrected chi connectivity index (χ2v) is 19.6. The van der Waals surface area contributed by atoms with Crippen molar-refractivity contribution >= 4 is 43.1 Å². The smallest absolute Gasteiger partial charge is 0.411 e. The van der Waals surface area contributed by atoms with Gasteiger partial charge in [0.2, 0.25) is 0 Å². The lowest BCUT2D eigenvalue weighted by atomic mass is 9.94. The molecule has 14 heteroatoms. The van der Waals surface area contributed by atoms with Gasteiger partial charge in [0.15, 0.2) is 5.15 Å². The number of nitrogens with one attached hydrogen (secondary N) is 1. The lowest BCUT2D eigenvalue weighted by molar-refractivity contribution is 0.0857. The lowest BCUT2D eigenvalue weighted by Crippen LogP contribution is -2.22. The van der Waals surface area contributed by atoms with Gasteiger partial charge in [0.05, 0.1) is 30.1 Å². The summed E-state index contributed by atoms with van der Waals surface area (Å²) in [5.74, 6) is 0.438. The molecule has 3 aromatic heterocycles. The van der Waals surface area contributed by atoms with E-state index < -0.39 is 14.2 Å². The fraction of sp³-hybridized carbons (Fsp3) is 0.243. The minimum Gasteiger partial charge on any atom is -0.453 e. The SMILES string of the molecule is COC(=O)Nc1ccc(-c2c(Cl)nc(C(Cc3ccccc3)c3ccc(-c4cc(Cl)ccc4-n4cnnn4)cn3)n2COCC[Si](C)(C)C)cc1. The summed E-state index contributed by atoms with van der Waals surface area (Å²) in [4.78, 5) is 21.8. The van der Waals surface area contributed by atoms with Crippen LogP contribution in [0.1, 0.15) is 23.0 Å². The number of nitrogens with zero attached hydrogens (tertiary/aromatic N) is 7. The Morgan fingerprint density at radius 1 is 0.961 bits per heavy atom. The largest absolute Gasteiger partial charge is 0.453 e. The lowest BCUT2D eigenvalue weighted by Gasteiger charge is -2.21. The number of carbonyl (C=O) groups is 1. The molecule has 1 N–H and O–H groups in total. The van der Waals surface area contributed by atoms with Gasteiger partial charge in [-0.25, -0.2) is 9.78 Å². The molecule has 6 rings (SSSR count). The fourth-order valence-corrected chi connectivity index (χ4v) is 6.91. The van der Waals surface area contributed by atoms with Crippen molar-refractivity contribution in [1.82, 2.24) is 34.7 Å². The molecule has 0 radical (unpaired) electrons. The van der Waals surface area contributed by atoms with Crippen molar-refractivity contribution in [3.05, 3.63) is 125 Å². The van der Waals surface area contributed by atoms with E-state index in [-0.39, 0.29) is 12.6 Å². The van der Waals surface area contributed by atoms with Crippen LogP contribution in [0.5, 0.6) is 0 Å². The molecule has 0 fully saturated rings. The number of ether oxygens (including phenoxy) is 2. The monoisotopic (exact) mass is 740 g/mol. The second kappa shape index (κ2) is 16.0. The van der Waals surface area contributed by atoms with Gasteiger partial charge < -0.3 is 14.0 Å². The first kappa shape index (κ1) is 35.9. The number of hydrogen-bond donors (Lipinski definition) is 1. The molecule has 262 valence electrons. The summed E-state index contributed by atoms with van der Waals surface area (Å²) in [5, 5.41) is 15.3. The van der Waals surface area contributed by atoms with E-state index in [9.17, 15) is 4.79 Å². The van der Waals surface area contributed by atoms with Crippen LogP contribution in [0.25, 0.3) is 28.1 Å². The van der Waals surface area contributed by atoms with E-state index in [4.69, 9.17) is 42.6 Å². The van der Waals surface area contributed by atoms with Gasteiger partial charge in [-0.05, 0) is 64.9 Å². The third-order valence-electron chi connectivity index (χ3n) is 8.36. The van der Waals surface area contributed by atoms with Crippen LogP contribution in [0.15, 0.2) is 97.5 Å². The zero-order valence-electron chi connectivity index (χ0n) is 28.8. The standard InChI is InChI=1S/C37H38Cl2N8O3Si/c1-49-37(48)42-29-14-10-26(11-15-29)34-35(39)43-36(46(34)24-50-18-19-51(2,3)4)31(20-25-8-6-5-7-9-25)32-16-12-27(22-40-32)30-21-28(38)13-17-33(30)47-23-41-44-45-47/h5-17,21-23,31H,18-20,24H2,1-4H3,(H,42,48). The first-order valence-corrected chi connectivity index (χ1v) is 20.9. The number of tetrazole rings is 1. The van der Waals surface area contributed by atoms with Gasteiger partial charge in [0.25, 0.3) is 0 Å². The number of amides is 1. The Kier molecular flexibility index (Phi) is 11.3. The van der Waals surface area contributed by atoms with Crippen LogP contribution in [-0.2, 0) is 22.6 Å². The summed E-state index contributed by atoms with van der Waals surface area (Å²) in [6.45, 7) is 7.84. The van der Waals surface area contributed by atoms with E-state index >= 15 is 0 Å². The Morgan fingerprint density at radius 3 is 2.39 bits per heavy atom. The molecule has 3 aromatic carbocycles. The molecule has 1 amide bonds. The van der Waals surface area contributed by atoms with Gasteiger partial charge in [-0.1, -0.05) is 91.4 Å². The Labute approximate surface area is 307 Å². The molecule has 1 atom stereocenters. The second-order valence-electron chi connectivity index (χ2n) is 13.2. The van der Waals surface area contributed by atoms with Crippen LogP contribution in [-0.4, -0.2) is 62.6 Å². The molecule has 0 aliphatic heterocycles. The van der Waals surface area contributed by atoms with E-state index in [1.165, 1.54) is 7.11 Å². The van der Waals surface area contributed by atoms with Crippen molar-refractivity contribution in [2.75, 3.05) is 19.0 Å². The molecule has 1 unspecified atom stereocenters. The number of methoxy groups -OCH3 is 1. The zero-order valence-corrected chi connectivity index (χ0v) is 31.3. The molecule has 0 spiro atoms. The summed E-state index contributed by atoms with van der Waals surface area (Å²) in [6.07, 6.45) is 3.44. The molecule has 51 heavy (non-hydrogen) atoms. The van der Waals surface area contributed by atoms with Crippen LogP contribution in [0.2, 0.25) is 35.9 Å². The van der Waals surface area contributed by atoms with Gasteiger partial charge in [-0.3, -0.25) is 10.3 Å². The molecular formula is C37H38Cl2N8O3Si. The van der Waals surface area contributed by atoms with E-state index in [1.54, 1.807) is 29.2 Å². The van der Waals surface area contributed by atoms with Gasteiger partial charge in [0.1, 0.15) is 18.9 Å². The minimum atomic E-state index is -1.34. The van der Waals surface area contributed by atoms with Gasteiger partial charge in [0, 0.05) is 48.3 Å². The average molecular weight is 742 g/mol. The summed E-state index contributed by atoms with van der Waals surface area (Å²) in [6, 6.07) is 28.2. The van der Waals surface area contributed by atoms with Crippen LogP contribution in [0.3, 0.4) is 0 Å². The van der Waals surface area contributed by atoms with E-state index in [1.807, 2.05) is 65.4 Å². The van der Waals surface area contributed by atoms with Crippen LogP contribution >= 0.6 is 23.2 Å². The maximum atomic E-state index is 11.8. The number of pyridine rings is 1. The van der Waals surface area contributed by atoms with Crippen molar-refractivity contribution in [2.24, 2.45) is 0 Å². The normalized spacial score (nSPS) is 12.1. The maximum Gasteiger partial charge on any atom is 0.411 e. The molecule has 0 aliphatic rings. The summed E-state index contributed by atoms with van der Waals surface area (Å²) in [5.41, 5.74) is 6.51. The highest BCUT2D eigenvalue weighted by atomic mass is 35.5. The van der Waals surface area contributed by atoms with E-state index in [2.05, 4.69) is 52.6 Å². The zero-order chi connectivity index (χ0) is 36.0. The highest BCUT2D eigenvalue weighted by Crippen LogP contribution is 2.37. The summed E-state index contributed by atoms with van der Waals surface area (Å²) >= 11 is 13.5. The first-order chi connectivity index (χ1) is 24.6. The molecule has 6 aromatic rings. The predicted octanol–water partition coefficient (Wildman–Crippen LogP) is 8.76. The van der Waals surface area contributed by atoms with E-state index in [0.29, 0.717) is 34.6 Å². The number of carbonyl (C=O) groups excluding carboxylic acids is 1. The van der Waals surface area contributed by atoms with Crippen molar-refractivity contribution < 1.29 is 14.3 Å². The van der Waals surface area contributed by atoms with E-state index in [0.717, 1.165) is 45.5 Å². The van der Waals surface area contributed by atoms with Crippen molar-refractivity contribution in [2.45, 2.75) is 44.8 Å². The first-order valence-electron chi connectivity index (χ1n) is 16.4. The number of anilines is 1. The molecule has 11 nitrogen and oxygen atoms in total. The number of aromatic nitrogens is 7. The van der Waals surface area contributed by atoms with Gasteiger partial charge >= 0.3 is 6.09 Å². The Balaban J connectivity index is 1.42. The molecule has 3 heterocycles. The minimum absolute atomic E-state index is 0.248. The highest BCUT2D eigenvalue weighted by Gasteiger charge is 2.27. The number of rotatable bonds is 13. The Morgan fingerprint density at radius 2 is 1.73 bits per heavy atom. The van der Waals surface area contributed by atoms with Crippen molar-refractivity contribution in [3.63, 3.8) is 0 Å². The van der Waals surface area contributed by atoms with Crippen LogP contribution < -0.4 is 5.32 Å². The average Bonchev–Trinajstić information content (AvgIpc) is 3.78. The summed E-state index contributed by atoms with van der Waals surface area (Å²) < 4.78 is 14.7. The van der Waals surface area contributed by atoms with Gasteiger partial charge in [-0.2, -0.15) is 4.68 Å². The van der Waals surface area contributed by atoms with Crippen LogP contribution in [0.4, 0.5) is 10.5 Å². The predicted molar refractivity (Wildman–Crippen MR) is 202 cm³/mol. The highest BCUT2D eigenvalue weighted by molar-refractivity contribution is 6.76. The van der Waals surface area contributed by atoms with Gasteiger partial charge in [-0.15, -0.1) is 5.10 Å². The van der Waals surface area contributed by atoms with Crippen LogP contribution in [0, 0.1) is 0 Å². The Bertz CT molecular complexity index is 2070. The molecule has 0 aliphatic carbocycles. The fourth-order valence-electron chi connectivity index (χ4n) is 5.69. The van der Waals surface area contributed by atoms with Crippen molar-refractivity contribution in [1.29, 1.82) is 0 Å². The maximum absolute atomic E-state index is 11.8. The Hall–Kier alpha value is -4.88. The third kappa shape index (κ3) is 8.89. The number of hydrogen-bond acceptors (Lipinski definition) is 8. The molecule has 0 bridgehead atoms. The topological polar surface area (TPSA) is 122 Å². The number of benzene rings is 3. The number of imidazole rings is 1. The number of halogens is 2. The summed E-state index contributed by atoms with van der Waals surface area (Å²) in [7, 11) is -0.0154.